The average molecular weight is 761 g/mol. The van der Waals surface area contributed by atoms with Crippen LogP contribution in [0.3, 0.4) is 0 Å². The molecule has 2 aromatic rings. The first-order valence-corrected chi connectivity index (χ1v) is 16.2. The van der Waals surface area contributed by atoms with Crippen LogP contribution in [0.1, 0.15) is 30.4 Å². The van der Waals surface area contributed by atoms with Crippen LogP contribution in [-0.2, 0) is 46.4 Å². The van der Waals surface area contributed by atoms with Gasteiger partial charge in [0.05, 0.1) is 19.5 Å². The SMILES string of the molecule is NCC(=O)N[C@@H](Cc1ccc(O)c(O)c1)C(=O)N[C@@H](CCCN=C(N)N)C(=O)NCC(=O)N[C@@H](CC(N)=O)C(=O)N[C@@H](Cc1ccc(O)c(O)c1)C(=O)O. The maximum Gasteiger partial charge on any atom is 0.326 e. The van der Waals surface area contributed by atoms with Crippen LogP contribution in [0.4, 0.5) is 0 Å². The number of nitrogens with two attached hydrogens (primary N) is 4. The number of aliphatic imine (C=N–C) groups is 1. The van der Waals surface area contributed by atoms with Crippen molar-refractivity contribution in [1.29, 1.82) is 0 Å². The number of hydrogen-bond acceptors (Lipinski definition) is 13. The number of carboxylic acids is 1. The monoisotopic (exact) mass is 760 g/mol. The molecule has 0 unspecified atom stereocenters. The minimum Gasteiger partial charge on any atom is -0.504 e. The Morgan fingerprint density at radius 2 is 1.17 bits per heavy atom. The number of phenolic OH excluding ortho intramolecular Hbond substituents is 4. The van der Waals surface area contributed by atoms with Gasteiger partial charge in [0.25, 0.3) is 0 Å². The van der Waals surface area contributed by atoms with Gasteiger partial charge in [-0.3, -0.25) is 33.8 Å². The zero-order valence-corrected chi connectivity index (χ0v) is 28.8. The van der Waals surface area contributed by atoms with E-state index in [1.165, 1.54) is 18.2 Å². The number of hydrogen-bond donors (Lipinski definition) is 14. The Morgan fingerprint density at radius 3 is 1.67 bits per heavy atom. The van der Waals surface area contributed by atoms with Gasteiger partial charge >= 0.3 is 5.97 Å². The van der Waals surface area contributed by atoms with E-state index in [-0.39, 0.29) is 43.8 Å². The molecule has 0 spiro atoms. The highest BCUT2D eigenvalue weighted by Gasteiger charge is 2.30. The highest BCUT2D eigenvalue weighted by molar-refractivity contribution is 5.96. The van der Waals surface area contributed by atoms with Crippen LogP contribution in [0.2, 0.25) is 0 Å². The number of aromatic hydroxyl groups is 4. The number of nitrogens with zero attached hydrogens (tertiary/aromatic N) is 1. The Bertz CT molecular complexity index is 1730. The fourth-order valence-electron chi connectivity index (χ4n) is 4.79. The summed E-state index contributed by atoms with van der Waals surface area (Å²) in [5.74, 6) is -9.35. The molecule has 18 N–H and O–H groups in total. The smallest absolute Gasteiger partial charge is 0.326 e. The van der Waals surface area contributed by atoms with Crippen LogP contribution >= 0.6 is 0 Å². The summed E-state index contributed by atoms with van der Waals surface area (Å²) in [4.78, 5) is 92.1. The fourth-order valence-corrected chi connectivity index (χ4v) is 4.79. The minimum absolute atomic E-state index is 0.0394. The number of benzene rings is 2. The summed E-state index contributed by atoms with van der Waals surface area (Å²) in [6.07, 6.45) is -1.29. The third-order valence-electron chi connectivity index (χ3n) is 7.47. The van der Waals surface area contributed by atoms with E-state index in [0.717, 1.165) is 18.2 Å². The number of amides is 6. The van der Waals surface area contributed by atoms with E-state index in [1.54, 1.807) is 0 Å². The summed E-state index contributed by atoms with van der Waals surface area (Å²) in [6.45, 7) is -1.26. The van der Waals surface area contributed by atoms with Crippen molar-refractivity contribution in [1.82, 2.24) is 26.6 Å². The van der Waals surface area contributed by atoms with Crippen molar-refractivity contribution in [3.63, 3.8) is 0 Å². The van der Waals surface area contributed by atoms with Crippen molar-refractivity contribution in [2.45, 2.75) is 56.3 Å². The molecular weight excluding hydrogens is 716 g/mol. The van der Waals surface area contributed by atoms with Gasteiger partial charge in [-0.1, -0.05) is 12.1 Å². The molecule has 0 aliphatic carbocycles. The molecule has 0 aliphatic rings. The lowest BCUT2D eigenvalue weighted by molar-refractivity contribution is -0.142. The molecule has 0 saturated heterocycles. The predicted octanol–water partition coefficient (Wildman–Crippen LogP) is -4.68. The van der Waals surface area contributed by atoms with Crippen LogP contribution in [0.25, 0.3) is 0 Å². The Labute approximate surface area is 307 Å². The fraction of sp³-hybridized carbons (Fsp3) is 0.375. The van der Waals surface area contributed by atoms with Gasteiger partial charge in [-0.15, -0.1) is 0 Å². The molecule has 22 heteroatoms. The van der Waals surface area contributed by atoms with Crippen LogP contribution in [-0.4, -0.2) is 117 Å². The second kappa shape index (κ2) is 20.9. The first-order valence-electron chi connectivity index (χ1n) is 16.2. The molecule has 0 radical (unpaired) electrons. The number of guanidine groups is 1. The number of carbonyl (C=O) groups excluding carboxylic acids is 6. The van der Waals surface area contributed by atoms with Crippen molar-refractivity contribution >= 4 is 47.4 Å². The first kappa shape index (κ1) is 43.3. The van der Waals surface area contributed by atoms with Gasteiger partial charge in [-0.05, 0) is 48.2 Å². The van der Waals surface area contributed by atoms with E-state index in [2.05, 4.69) is 31.6 Å². The molecule has 22 nitrogen and oxygen atoms in total. The Balaban J connectivity index is 2.18. The summed E-state index contributed by atoms with van der Waals surface area (Å²) in [5, 5.41) is 59.9. The standard InChI is InChI=1S/C32H44N10O12/c33-13-26(48)39-18(8-15-3-5-21(43)23(45)10-15)29(51)41-17(2-1-7-37-32(35)36)28(50)38-14-27(49)40-19(12-25(34)47)30(52)42-20(31(53)54)9-16-4-6-22(44)24(46)11-16/h3-6,10-11,17-20,43-46H,1-2,7-9,12-14,33H2,(H2,34,47)(H,38,50)(H,39,48)(H,40,49)(H,41,51)(H,42,52)(H,53,54)(H4,35,36,37)/t17-,18-,19-,20-/m0/s1. The Kier molecular flexibility index (Phi) is 16.7. The van der Waals surface area contributed by atoms with E-state index in [0.29, 0.717) is 5.56 Å². The van der Waals surface area contributed by atoms with Gasteiger partial charge in [0.2, 0.25) is 35.4 Å². The third kappa shape index (κ3) is 14.8. The maximum absolute atomic E-state index is 13.4. The molecule has 2 rings (SSSR count). The summed E-state index contributed by atoms with van der Waals surface area (Å²) in [7, 11) is 0. The molecule has 2 aromatic carbocycles. The number of rotatable bonds is 21. The van der Waals surface area contributed by atoms with Gasteiger partial charge in [-0.25, -0.2) is 4.79 Å². The van der Waals surface area contributed by atoms with Gasteiger partial charge in [0.1, 0.15) is 24.2 Å². The summed E-state index contributed by atoms with van der Waals surface area (Å²) in [6, 6.07) is 1.22. The number of carbonyl (C=O) groups is 7. The van der Waals surface area contributed by atoms with Crippen molar-refractivity contribution in [2.75, 3.05) is 19.6 Å². The summed E-state index contributed by atoms with van der Waals surface area (Å²) >= 11 is 0. The minimum atomic E-state index is -1.69. The number of carboxylic acid groups (broad SMARTS) is 1. The summed E-state index contributed by atoms with van der Waals surface area (Å²) < 4.78 is 0. The molecule has 0 aliphatic heterocycles. The van der Waals surface area contributed by atoms with Crippen LogP contribution in [0, 0.1) is 0 Å². The lowest BCUT2D eigenvalue weighted by atomic mass is 10.0. The molecule has 294 valence electrons. The predicted molar refractivity (Wildman–Crippen MR) is 188 cm³/mol. The second-order valence-corrected chi connectivity index (χ2v) is 11.8. The highest BCUT2D eigenvalue weighted by Crippen LogP contribution is 2.26. The van der Waals surface area contributed by atoms with E-state index in [1.807, 2.05) is 0 Å². The van der Waals surface area contributed by atoms with Crippen LogP contribution < -0.4 is 49.5 Å². The lowest BCUT2D eigenvalue weighted by Gasteiger charge is -2.24. The zero-order chi connectivity index (χ0) is 40.5. The van der Waals surface area contributed by atoms with E-state index >= 15 is 0 Å². The average Bonchev–Trinajstić information content (AvgIpc) is 3.10. The van der Waals surface area contributed by atoms with E-state index in [9.17, 15) is 59.1 Å². The van der Waals surface area contributed by atoms with Gasteiger partial charge in [-0.2, -0.15) is 0 Å². The van der Waals surface area contributed by atoms with Gasteiger partial charge < -0.3 is 75.1 Å². The van der Waals surface area contributed by atoms with Crippen LogP contribution in [0.5, 0.6) is 23.0 Å². The van der Waals surface area contributed by atoms with E-state index < -0.39 is 108 Å². The molecule has 0 aromatic heterocycles. The largest absolute Gasteiger partial charge is 0.504 e. The first-order chi connectivity index (χ1) is 25.4. The van der Waals surface area contributed by atoms with Gasteiger partial charge in [0, 0.05) is 19.4 Å². The molecule has 0 heterocycles. The van der Waals surface area contributed by atoms with E-state index in [4.69, 9.17) is 22.9 Å². The van der Waals surface area contributed by atoms with Gasteiger partial charge in [0.15, 0.2) is 29.0 Å². The molecule has 0 saturated carbocycles. The lowest BCUT2D eigenvalue weighted by Crippen LogP contribution is -2.57. The molecule has 6 amide bonds. The number of phenols is 4. The Hall–Kier alpha value is -6.84. The molecule has 0 bridgehead atoms. The zero-order valence-electron chi connectivity index (χ0n) is 28.8. The molecule has 0 fully saturated rings. The normalized spacial score (nSPS) is 12.8. The number of aliphatic carboxylic acids is 1. The molecule has 4 atom stereocenters. The molecule has 54 heavy (non-hydrogen) atoms. The van der Waals surface area contributed by atoms with Crippen molar-refractivity contribution in [3.05, 3.63) is 47.5 Å². The number of primary amides is 1. The Morgan fingerprint density at radius 1 is 0.648 bits per heavy atom. The third-order valence-corrected chi connectivity index (χ3v) is 7.47. The van der Waals surface area contributed by atoms with Crippen molar-refractivity contribution in [3.8, 4) is 23.0 Å². The van der Waals surface area contributed by atoms with Crippen molar-refractivity contribution in [2.24, 2.45) is 27.9 Å². The molecular formula is C32H44N10O12. The quantitative estimate of drug-likeness (QED) is 0.0246. The topological polar surface area (TPSA) is 397 Å². The van der Waals surface area contributed by atoms with Crippen molar-refractivity contribution < 1.29 is 59.1 Å². The van der Waals surface area contributed by atoms with Crippen LogP contribution in [0.15, 0.2) is 41.4 Å². The maximum atomic E-state index is 13.4. The summed E-state index contributed by atoms with van der Waals surface area (Å²) in [5.41, 5.74) is 21.8. The second-order valence-electron chi connectivity index (χ2n) is 11.8. The highest BCUT2D eigenvalue weighted by atomic mass is 16.4. The number of nitrogens with one attached hydrogen (secondary N) is 5.